The van der Waals surface area contributed by atoms with E-state index in [1.165, 1.54) is 19.2 Å². The van der Waals surface area contributed by atoms with Crippen LogP contribution in [0.4, 0.5) is 5.69 Å². The summed E-state index contributed by atoms with van der Waals surface area (Å²) in [4.78, 5) is 21.8. The molecule has 0 radical (unpaired) electrons. The number of hydrogen-bond donors (Lipinski definition) is 0. The molecule has 0 spiro atoms. The van der Waals surface area contributed by atoms with Gasteiger partial charge in [0.15, 0.2) is 0 Å². The van der Waals surface area contributed by atoms with Crippen LogP contribution >= 0.6 is 11.6 Å². The maximum absolute atomic E-state index is 11.5. The number of halogens is 1. The van der Waals surface area contributed by atoms with Crippen molar-refractivity contribution < 1.29 is 19.2 Å². The number of esters is 1. The molecule has 0 atom stereocenters. The van der Waals surface area contributed by atoms with E-state index in [0.717, 1.165) is 0 Å². The summed E-state index contributed by atoms with van der Waals surface area (Å²) in [5.41, 5.74) is 0.202. The molecular formula is C12H14ClNO5. The van der Waals surface area contributed by atoms with Crippen LogP contribution in [0.25, 0.3) is 0 Å². The third kappa shape index (κ3) is 3.82. The fourth-order valence-electron chi connectivity index (χ4n) is 1.49. The Morgan fingerprint density at radius 1 is 1.47 bits per heavy atom. The zero-order valence-electron chi connectivity index (χ0n) is 10.6. The minimum Gasteiger partial charge on any atom is -0.493 e. The summed E-state index contributed by atoms with van der Waals surface area (Å²) in [6.07, 6.45) is 0.632. The number of nitro groups is 1. The first kappa shape index (κ1) is 15.2. The van der Waals surface area contributed by atoms with Gasteiger partial charge >= 0.3 is 5.97 Å². The van der Waals surface area contributed by atoms with Gasteiger partial charge in [-0.05, 0) is 25.0 Å². The second kappa shape index (κ2) is 6.94. The Labute approximate surface area is 115 Å². The van der Waals surface area contributed by atoms with E-state index >= 15 is 0 Å². The molecule has 19 heavy (non-hydrogen) atoms. The third-order valence-electron chi connectivity index (χ3n) is 2.43. The van der Waals surface area contributed by atoms with Gasteiger partial charge in [0, 0.05) is 5.88 Å². The Hall–Kier alpha value is -1.82. The molecule has 0 heterocycles. The molecule has 7 heteroatoms. The molecule has 0 unspecified atom stereocenters. The number of carbonyl (C=O) groups is 1. The SMILES string of the molecule is COC(=O)c1cc(C)c(OCCCCl)cc1[N+](=O)[O-]. The zero-order chi connectivity index (χ0) is 14.4. The van der Waals surface area contributed by atoms with Crippen LogP contribution in [-0.4, -0.2) is 30.5 Å². The van der Waals surface area contributed by atoms with Gasteiger partial charge in [-0.1, -0.05) is 0 Å². The lowest BCUT2D eigenvalue weighted by Gasteiger charge is -2.10. The highest BCUT2D eigenvalue weighted by Crippen LogP contribution is 2.29. The molecule has 0 fully saturated rings. The Bertz CT molecular complexity index is 489. The first-order valence-corrected chi connectivity index (χ1v) is 6.10. The minimum atomic E-state index is -0.748. The average Bonchev–Trinajstić information content (AvgIpc) is 2.39. The molecule has 0 N–H and O–H groups in total. The van der Waals surface area contributed by atoms with E-state index in [-0.39, 0.29) is 11.3 Å². The highest BCUT2D eigenvalue weighted by Gasteiger charge is 2.23. The van der Waals surface area contributed by atoms with E-state index in [9.17, 15) is 14.9 Å². The van der Waals surface area contributed by atoms with Gasteiger partial charge in [-0.2, -0.15) is 0 Å². The summed E-state index contributed by atoms with van der Waals surface area (Å²) in [6, 6.07) is 2.62. The van der Waals surface area contributed by atoms with E-state index in [4.69, 9.17) is 16.3 Å². The topological polar surface area (TPSA) is 78.7 Å². The number of nitrogens with zero attached hydrogens (tertiary/aromatic N) is 1. The number of rotatable bonds is 6. The number of benzene rings is 1. The first-order chi connectivity index (χ1) is 9.01. The molecule has 0 saturated heterocycles. The summed E-state index contributed by atoms with van der Waals surface area (Å²) in [6.45, 7) is 2.06. The quantitative estimate of drug-likeness (QED) is 0.264. The summed E-state index contributed by atoms with van der Waals surface area (Å²) in [7, 11) is 1.17. The van der Waals surface area contributed by atoms with Crippen molar-refractivity contribution in [3.8, 4) is 5.75 Å². The summed E-state index contributed by atoms with van der Waals surface area (Å²) in [5, 5.41) is 11.0. The number of methoxy groups -OCH3 is 1. The van der Waals surface area contributed by atoms with Crippen LogP contribution in [0.1, 0.15) is 22.3 Å². The highest BCUT2D eigenvalue weighted by atomic mass is 35.5. The second-order valence-electron chi connectivity index (χ2n) is 3.77. The number of hydrogen-bond acceptors (Lipinski definition) is 5. The number of nitro benzene ring substituents is 1. The number of ether oxygens (including phenoxy) is 2. The Morgan fingerprint density at radius 2 is 2.16 bits per heavy atom. The molecule has 0 saturated carbocycles. The Morgan fingerprint density at radius 3 is 2.68 bits per heavy atom. The standard InChI is InChI=1S/C12H14ClNO5/c1-8-6-9(12(15)18-2)10(14(16)17)7-11(8)19-5-3-4-13/h6-7H,3-5H2,1-2H3. The molecule has 1 aromatic carbocycles. The second-order valence-corrected chi connectivity index (χ2v) is 4.15. The summed E-state index contributed by atoms with van der Waals surface area (Å²) >= 11 is 5.53. The van der Waals surface area contributed by atoms with Crippen molar-refractivity contribution in [1.82, 2.24) is 0 Å². The monoisotopic (exact) mass is 287 g/mol. The normalized spacial score (nSPS) is 10.1. The molecule has 6 nitrogen and oxygen atoms in total. The van der Waals surface area contributed by atoms with Gasteiger partial charge in [-0.3, -0.25) is 10.1 Å². The molecule has 0 amide bonds. The molecule has 1 aromatic rings. The fourth-order valence-corrected chi connectivity index (χ4v) is 1.60. The van der Waals surface area contributed by atoms with Crippen LogP contribution in [-0.2, 0) is 4.74 Å². The maximum Gasteiger partial charge on any atom is 0.344 e. The van der Waals surface area contributed by atoms with Crippen LogP contribution in [0.3, 0.4) is 0 Å². The predicted molar refractivity (Wildman–Crippen MR) is 70.0 cm³/mol. The molecule has 0 aliphatic carbocycles. The van der Waals surface area contributed by atoms with Gasteiger partial charge in [0.05, 0.1) is 24.7 Å². The smallest absolute Gasteiger partial charge is 0.344 e. The van der Waals surface area contributed by atoms with Crippen LogP contribution in [0, 0.1) is 17.0 Å². The minimum absolute atomic E-state index is 0.0882. The average molecular weight is 288 g/mol. The van der Waals surface area contributed by atoms with Gasteiger partial charge < -0.3 is 9.47 Å². The molecule has 104 valence electrons. The number of carbonyl (C=O) groups excluding carboxylic acids is 1. The van der Waals surface area contributed by atoms with Gasteiger partial charge in [-0.15, -0.1) is 11.6 Å². The fraction of sp³-hybridized carbons (Fsp3) is 0.417. The lowest BCUT2D eigenvalue weighted by atomic mass is 10.1. The Kier molecular flexibility index (Phi) is 5.57. The lowest BCUT2D eigenvalue weighted by molar-refractivity contribution is -0.385. The van der Waals surface area contributed by atoms with Crippen LogP contribution < -0.4 is 4.74 Å². The van der Waals surface area contributed by atoms with E-state index in [1.54, 1.807) is 6.92 Å². The summed E-state index contributed by atoms with van der Waals surface area (Å²) < 4.78 is 9.91. The molecule has 1 rings (SSSR count). The van der Waals surface area contributed by atoms with Crippen molar-refractivity contribution in [2.75, 3.05) is 19.6 Å². The van der Waals surface area contributed by atoms with E-state index in [2.05, 4.69) is 4.74 Å². The van der Waals surface area contributed by atoms with Crippen molar-refractivity contribution in [2.24, 2.45) is 0 Å². The predicted octanol–water partition coefficient (Wildman–Crippen LogP) is 2.70. The van der Waals surface area contributed by atoms with E-state index in [0.29, 0.717) is 30.2 Å². The van der Waals surface area contributed by atoms with Crippen molar-refractivity contribution in [2.45, 2.75) is 13.3 Å². The van der Waals surface area contributed by atoms with Crippen molar-refractivity contribution in [3.05, 3.63) is 33.4 Å². The largest absolute Gasteiger partial charge is 0.493 e. The highest BCUT2D eigenvalue weighted by molar-refractivity contribution is 6.17. The van der Waals surface area contributed by atoms with Gasteiger partial charge in [0.2, 0.25) is 0 Å². The van der Waals surface area contributed by atoms with Crippen LogP contribution in [0.2, 0.25) is 0 Å². The summed E-state index contributed by atoms with van der Waals surface area (Å²) in [5.74, 6) is 0.0630. The first-order valence-electron chi connectivity index (χ1n) is 5.57. The Balaban J connectivity index is 3.13. The van der Waals surface area contributed by atoms with Crippen molar-refractivity contribution >= 4 is 23.3 Å². The molecule has 0 bridgehead atoms. The molecule has 0 aromatic heterocycles. The van der Waals surface area contributed by atoms with Gasteiger partial charge in [-0.25, -0.2) is 4.79 Å². The maximum atomic E-state index is 11.5. The third-order valence-corrected chi connectivity index (χ3v) is 2.70. The van der Waals surface area contributed by atoms with E-state index in [1.807, 2.05) is 0 Å². The molecule has 0 aliphatic rings. The zero-order valence-corrected chi connectivity index (χ0v) is 11.4. The van der Waals surface area contributed by atoms with Crippen LogP contribution in [0.5, 0.6) is 5.75 Å². The van der Waals surface area contributed by atoms with Crippen molar-refractivity contribution in [1.29, 1.82) is 0 Å². The number of alkyl halides is 1. The van der Waals surface area contributed by atoms with Crippen molar-refractivity contribution in [3.63, 3.8) is 0 Å². The molecule has 0 aliphatic heterocycles. The number of aryl methyl sites for hydroxylation is 1. The van der Waals surface area contributed by atoms with Crippen LogP contribution in [0.15, 0.2) is 12.1 Å². The van der Waals surface area contributed by atoms with Gasteiger partial charge in [0.25, 0.3) is 5.69 Å². The lowest BCUT2D eigenvalue weighted by Crippen LogP contribution is -2.08. The van der Waals surface area contributed by atoms with Gasteiger partial charge in [0.1, 0.15) is 11.3 Å². The van der Waals surface area contributed by atoms with E-state index < -0.39 is 10.9 Å². The molecular weight excluding hydrogens is 274 g/mol.